The number of aliphatic hydroxyl groups is 4. The summed E-state index contributed by atoms with van der Waals surface area (Å²) in [5.74, 6) is -0.0178. The third kappa shape index (κ3) is 6.70. The number of hydrogen-bond donors (Lipinski definition) is 6. The van der Waals surface area contributed by atoms with Gasteiger partial charge in [-0.3, -0.25) is 4.79 Å². The van der Waals surface area contributed by atoms with E-state index < -0.39 is 37.1 Å². The summed E-state index contributed by atoms with van der Waals surface area (Å²) in [6, 6.07) is 0. The molecule has 0 aromatic rings. The minimum absolute atomic E-state index is 0.0178. The fourth-order valence-electron chi connectivity index (χ4n) is 2.64. The Bertz CT molecular complexity index is 342. The first kappa shape index (κ1) is 20.3. The molecule has 1 aliphatic rings. The maximum atomic E-state index is 11.6. The van der Waals surface area contributed by atoms with Crippen molar-refractivity contribution in [2.45, 2.75) is 69.0 Å². The number of amides is 1. The van der Waals surface area contributed by atoms with Crippen molar-refractivity contribution in [1.82, 2.24) is 5.32 Å². The van der Waals surface area contributed by atoms with E-state index in [-0.39, 0.29) is 5.91 Å². The molecule has 1 rings (SSSR count). The van der Waals surface area contributed by atoms with Crippen molar-refractivity contribution in [3.63, 3.8) is 0 Å². The van der Waals surface area contributed by atoms with Gasteiger partial charge in [-0.2, -0.15) is 0 Å². The Kier molecular flexibility index (Phi) is 9.61. The van der Waals surface area contributed by atoms with Crippen molar-refractivity contribution in [3.05, 3.63) is 0 Å². The zero-order valence-corrected chi connectivity index (χ0v) is 13.4. The van der Waals surface area contributed by atoms with Gasteiger partial charge in [0.1, 0.15) is 24.4 Å². The van der Waals surface area contributed by atoms with E-state index in [0.29, 0.717) is 32.4 Å². The van der Waals surface area contributed by atoms with Crippen LogP contribution in [0.1, 0.15) is 38.5 Å². The van der Waals surface area contributed by atoms with Crippen LogP contribution in [-0.4, -0.2) is 76.5 Å². The number of carbonyl (C=O) groups excluding carboxylic acids is 1. The SMILES string of the molecule is NCCCCCC(=O)NCCC[C@H]1O[C@H](CO)[C@@H](O)[C@H](O)[C@@H]1O. The number of hydrogen-bond acceptors (Lipinski definition) is 7. The van der Waals surface area contributed by atoms with Crippen LogP contribution in [0.4, 0.5) is 0 Å². The summed E-state index contributed by atoms with van der Waals surface area (Å²) in [5.41, 5.74) is 5.38. The molecule has 0 saturated carbocycles. The zero-order chi connectivity index (χ0) is 17.2. The molecule has 0 aliphatic carbocycles. The summed E-state index contributed by atoms with van der Waals surface area (Å²) in [7, 11) is 0. The highest BCUT2D eigenvalue weighted by molar-refractivity contribution is 5.75. The second-order valence-corrected chi connectivity index (χ2v) is 5.96. The van der Waals surface area contributed by atoms with Crippen LogP contribution in [0.15, 0.2) is 0 Å². The normalized spacial score (nSPS) is 31.1. The average molecular weight is 334 g/mol. The van der Waals surface area contributed by atoms with Crippen molar-refractivity contribution >= 4 is 5.91 Å². The highest BCUT2D eigenvalue weighted by Crippen LogP contribution is 2.23. The second-order valence-electron chi connectivity index (χ2n) is 5.96. The Morgan fingerprint density at radius 3 is 2.35 bits per heavy atom. The molecule has 7 N–H and O–H groups in total. The molecule has 5 atom stereocenters. The smallest absolute Gasteiger partial charge is 0.219 e. The van der Waals surface area contributed by atoms with E-state index in [2.05, 4.69) is 5.32 Å². The summed E-state index contributed by atoms with van der Waals surface area (Å²) in [6.45, 7) is 0.659. The highest BCUT2D eigenvalue weighted by Gasteiger charge is 2.42. The molecular formula is C15H30N2O6. The Labute approximate surface area is 136 Å². The zero-order valence-electron chi connectivity index (χ0n) is 13.4. The molecule has 0 spiro atoms. The average Bonchev–Trinajstić information content (AvgIpc) is 2.55. The van der Waals surface area contributed by atoms with Gasteiger partial charge >= 0.3 is 0 Å². The van der Waals surface area contributed by atoms with Gasteiger partial charge in [0.05, 0.1) is 12.7 Å². The lowest BCUT2D eigenvalue weighted by atomic mass is 9.93. The van der Waals surface area contributed by atoms with Crippen LogP contribution in [-0.2, 0) is 9.53 Å². The number of rotatable bonds is 10. The fraction of sp³-hybridized carbons (Fsp3) is 0.933. The Morgan fingerprint density at radius 1 is 1.00 bits per heavy atom. The first-order valence-corrected chi connectivity index (χ1v) is 8.28. The third-order valence-electron chi connectivity index (χ3n) is 4.09. The summed E-state index contributed by atoms with van der Waals surface area (Å²) in [4.78, 5) is 11.6. The molecule has 0 aromatic heterocycles. The van der Waals surface area contributed by atoms with E-state index in [1.165, 1.54) is 0 Å². The quantitative estimate of drug-likeness (QED) is 0.260. The second kappa shape index (κ2) is 10.9. The standard InChI is InChI=1S/C15H30N2O6/c16-7-3-1-2-6-12(19)17-8-4-5-10-13(20)15(22)14(21)11(9-18)23-10/h10-11,13-15,18,20-22H,1-9,16H2,(H,17,19)/t10-,11-,13-,14-,15-/m1/s1. The van der Waals surface area contributed by atoms with Crippen molar-refractivity contribution in [3.8, 4) is 0 Å². The first-order chi connectivity index (χ1) is 11.0. The summed E-state index contributed by atoms with van der Waals surface area (Å²) < 4.78 is 5.39. The van der Waals surface area contributed by atoms with E-state index in [0.717, 1.165) is 19.3 Å². The van der Waals surface area contributed by atoms with Crippen LogP contribution in [0.5, 0.6) is 0 Å². The van der Waals surface area contributed by atoms with Gasteiger partial charge in [-0.15, -0.1) is 0 Å². The van der Waals surface area contributed by atoms with Crippen molar-refractivity contribution < 1.29 is 30.0 Å². The van der Waals surface area contributed by atoms with Crippen LogP contribution in [0.25, 0.3) is 0 Å². The molecule has 1 amide bonds. The molecule has 136 valence electrons. The molecule has 1 saturated heterocycles. The van der Waals surface area contributed by atoms with Crippen LogP contribution < -0.4 is 11.1 Å². The van der Waals surface area contributed by atoms with Crippen molar-refractivity contribution in [2.24, 2.45) is 5.73 Å². The van der Waals surface area contributed by atoms with Crippen LogP contribution in [0.2, 0.25) is 0 Å². The number of aliphatic hydroxyl groups excluding tert-OH is 4. The number of nitrogens with one attached hydrogen (secondary N) is 1. The molecule has 1 aliphatic heterocycles. The molecule has 23 heavy (non-hydrogen) atoms. The van der Waals surface area contributed by atoms with E-state index in [4.69, 9.17) is 15.6 Å². The van der Waals surface area contributed by atoms with E-state index >= 15 is 0 Å². The third-order valence-corrected chi connectivity index (χ3v) is 4.09. The number of carbonyl (C=O) groups is 1. The first-order valence-electron chi connectivity index (χ1n) is 8.28. The number of nitrogens with two attached hydrogens (primary N) is 1. The topological polar surface area (TPSA) is 145 Å². The summed E-state index contributed by atoms with van der Waals surface area (Å²) in [5, 5.41) is 41.1. The van der Waals surface area contributed by atoms with Gasteiger partial charge in [0.15, 0.2) is 0 Å². The number of unbranched alkanes of at least 4 members (excludes halogenated alkanes) is 2. The highest BCUT2D eigenvalue weighted by atomic mass is 16.5. The Morgan fingerprint density at radius 2 is 1.70 bits per heavy atom. The summed E-state index contributed by atoms with van der Waals surface area (Å²) >= 11 is 0. The van der Waals surface area contributed by atoms with Gasteiger partial charge in [-0.05, 0) is 32.2 Å². The predicted octanol–water partition coefficient (Wildman–Crippen LogP) is -1.76. The van der Waals surface area contributed by atoms with Crippen molar-refractivity contribution in [2.75, 3.05) is 19.7 Å². The lowest BCUT2D eigenvalue weighted by Crippen LogP contribution is -2.58. The van der Waals surface area contributed by atoms with E-state index in [1.807, 2.05) is 0 Å². The van der Waals surface area contributed by atoms with Gasteiger partial charge in [0, 0.05) is 13.0 Å². The monoisotopic (exact) mass is 334 g/mol. The minimum Gasteiger partial charge on any atom is -0.394 e. The van der Waals surface area contributed by atoms with E-state index in [9.17, 15) is 20.1 Å². The summed E-state index contributed by atoms with van der Waals surface area (Å²) in [6.07, 6.45) is -1.31. The molecular weight excluding hydrogens is 304 g/mol. The van der Waals surface area contributed by atoms with Crippen LogP contribution >= 0.6 is 0 Å². The van der Waals surface area contributed by atoms with Gasteiger partial charge < -0.3 is 36.2 Å². The molecule has 0 unspecified atom stereocenters. The molecule has 8 heteroatoms. The lowest BCUT2D eigenvalue weighted by molar-refractivity contribution is -0.230. The minimum atomic E-state index is -1.34. The van der Waals surface area contributed by atoms with Crippen LogP contribution in [0, 0.1) is 0 Å². The fourth-order valence-corrected chi connectivity index (χ4v) is 2.64. The molecule has 0 aromatic carbocycles. The lowest BCUT2D eigenvalue weighted by Gasteiger charge is -2.40. The molecule has 0 bridgehead atoms. The van der Waals surface area contributed by atoms with Gasteiger partial charge in [-0.25, -0.2) is 0 Å². The molecule has 8 nitrogen and oxygen atoms in total. The molecule has 0 radical (unpaired) electrons. The molecule has 1 fully saturated rings. The predicted molar refractivity (Wildman–Crippen MR) is 83.5 cm³/mol. The van der Waals surface area contributed by atoms with Gasteiger partial charge in [-0.1, -0.05) is 6.42 Å². The molecule has 1 heterocycles. The largest absolute Gasteiger partial charge is 0.394 e. The number of ether oxygens (including phenoxy) is 1. The maximum absolute atomic E-state index is 11.6. The Balaban J connectivity index is 2.20. The van der Waals surface area contributed by atoms with E-state index in [1.54, 1.807) is 0 Å². The van der Waals surface area contributed by atoms with Crippen LogP contribution in [0.3, 0.4) is 0 Å². The maximum Gasteiger partial charge on any atom is 0.219 e. The Hall–Kier alpha value is -0.770. The van der Waals surface area contributed by atoms with Crippen molar-refractivity contribution in [1.29, 1.82) is 0 Å². The van der Waals surface area contributed by atoms with Gasteiger partial charge in [0.25, 0.3) is 0 Å². The van der Waals surface area contributed by atoms with Gasteiger partial charge in [0.2, 0.25) is 5.91 Å².